The third kappa shape index (κ3) is 2.09. The monoisotopic (exact) mass is 274 g/mol. The maximum atomic E-state index is 5.86. The molecule has 4 aliphatic carbocycles. The summed E-state index contributed by atoms with van der Waals surface area (Å²) in [7, 11) is 0. The standard InChI is InChI=1S/C16H26N4/c1-9(19-15-8-18-20-16(15)17)2-14-12-4-10-3-11(6-12)7-13(14)5-10/h8-14,19H,2-7H2,1H3,(H3,17,18,20). The van der Waals surface area contributed by atoms with Gasteiger partial charge < -0.3 is 11.1 Å². The number of hydrogen-bond donors (Lipinski definition) is 3. The van der Waals surface area contributed by atoms with Gasteiger partial charge in [-0.15, -0.1) is 0 Å². The summed E-state index contributed by atoms with van der Waals surface area (Å²) in [5.74, 6) is 5.76. The lowest BCUT2D eigenvalue weighted by atomic mass is 9.51. The Bertz CT molecular complexity index is 453. The molecule has 1 aromatic rings. The number of H-pyrrole nitrogens is 1. The summed E-state index contributed by atoms with van der Waals surface area (Å²) in [4.78, 5) is 0. The maximum absolute atomic E-state index is 5.86. The van der Waals surface area contributed by atoms with E-state index in [9.17, 15) is 0 Å². The highest BCUT2D eigenvalue weighted by Gasteiger charge is 2.48. The minimum Gasteiger partial charge on any atom is -0.382 e. The van der Waals surface area contributed by atoms with Crippen LogP contribution in [0.3, 0.4) is 0 Å². The average molecular weight is 274 g/mol. The van der Waals surface area contributed by atoms with E-state index in [2.05, 4.69) is 22.4 Å². The first kappa shape index (κ1) is 12.5. The van der Waals surface area contributed by atoms with Crippen molar-refractivity contribution in [3.05, 3.63) is 6.20 Å². The van der Waals surface area contributed by atoms with E-state index < -0.39 is 0 Å². The van der Waals surface area contributed by atoms with E-state index in [-0.39, 0.29) is 0 Å². The smallest absolute Gasteiger partial charge is 0.142 e. The van der Waals surface area contributed by atoms with Crippen LogP contribution in [0.2, 0.25) is 0 Å². The van der Waals surface area contributed by atoms with Crippen molar-refractivity contribution in [1.82, 2.24) is 10.2 Å². The van der Waals surface area contributed by atoms with Gasteiger partial charge in [0.2, 0.25) is 0 Å². The molecule has 0 spiro atoms. The fourth-order valence-electron chi connectivity index (χ4n) is 5.57. The Morgan fingerprint density at radius 1 is 1.25 bits per heavy atom. The number of nitrogen functional groups attached to an aromatic ring is 1. The van der Waals surface area contributed by atoms with Gasteiger partial charge in [0.1, 0.15) is 5.82 Å². The molecule has 4 saturated carbocycles. The van der Waals surface area contributed by atoms with Crippen molar-refractivity contribution in [3.8, 4) is 0 Å². The summed E-state index contributed by atoms with van der Waals surface area (Å²) >= 11 is 0. The van der Waals surface area contributed by atoms with Gasteiger partial charge in [-0.3, -0.25) is 5.10 Å². The summed E-state index contributed by atoms with van der Waals surface area (Å²) in [6.45, 7) is 2.29. The van der Waals surface area contributed by atoms with Gasteiger partial charge in [0.15, 0.2) is 0 Å². The Balaban J connectivity index is 1.40. The Labute approximate surface area is 120 Å². The molecule has 20 heavy (non-hydrogen) atoms. The van der Waals surface area contributed by atoms with Gasteiger partial charge in [0.05, 0.1) is 11.9 Å². The van der Waals surface area contributed by atoms with Gasteiger partial charge in [0.25, 0.3) is 0 Å². The van der Waals surface area contributed by atoms with Gasteiger partial charge in [-0.2, -0.15) is 5.10 Å². The number of rotatable bonds is 4. The van der Waals surface area contributed by atoms with Crippen molar-refractivity contribution in [2.75, 3.05) is 11.1 Å². The van der Waals surface area contributed by atoms with E-state index >= 15 is 0 Å². The molecule has 4 nitrogen and oxygen atoms in total. The van der Waals surface area contributed by atoms with Gasteiger partial charge in [0, 0.05) is 6.04 Å². The lowest BCUT2D eigenvalue weighted by Gasteiger charge is -2.55. The summed E-state index contributed by atoms with van der Waals surface area (Å²) in [5.41, 5.74) is 6.82. The second kappa shape index (κ2) is 4.68. The fourth-order valence-corrected chi connectivity index (χ4v) is 5.57. The lowest BCUT2D eigenvalue weighted by Crippen LogP contribution is -2.46. The Morgan fingerprint density at radius 2 is 1.90 bits per heavy atom. The highest BCUT2D eigenvalue weighted by Crippen LogP contribution is 2.57. The maximum Gasteiger partial charge on any atom is 0.142 e. The number of aromatic amines is 1. The van der Waals surface area contributed by atoms with Crippen molar-refractivity contribution in [3.63, 3.8) is 0 Å². The van der Waals surface area contributed by atoms with Crippen molar-refractivity contribution in [2.24, 2.45) is 29.6 Å². The lowest BCUT2D eigenvalue weighted by molar-refractivity contribution is -0.0407. The number of anilines is 2. The molecule has 0 aliphatic heterocycles. The number of nitrogens with one attached hydrogen (secondary N) is 2. The first-order valence-electron chi connectivity index (χ1n) is 8.24. The van der Waals surface area contributed by atoms with E-state index in [1.165, 1.54) is 32.1 Å². The van der Waals surface area contributed by atoms with Crippen LogP contribution >= 0.6 is 0 Å². The Kier molecular flexibility index (Phi) is 2.93. The molecule has 0 radical (unpaired) electrons. The van der Waals surface area contributed by atoms with Gasteiger partial charge in [-0.25, -0.2) is 0 Å². The third-order valence-corrected chi connectivity index (χ3v) is 6.12. The molecule has 4 heteroatoms. The van der Waals surface area contributed by atoms with Crippen LogP contribution in [0.4, 0.5) is 11.5 Å². The zero-order valence-electron chi connectivity index (χ0n) is 12.3. The second-order valence-electron chi connectivity index (χ2n) is 7.57. The first-order chi connectivity index (χ1) is 9.69. The van der Waals surface area contributed by atoms with Crippen LogP contribution in [-0.2, 0) is 0 Å². The highest BCUT2D eigenvalue weighted by atomic mass is 15.2. The van der Waals surface area contributed by atoms with Gasteiger partial charge in [-0.05, 0) is 75.0 Å². The molecule has 0 aromatic carbocycles. The quantitative estimate of drug-likeness (QED) is 0.789. The molecule has 110 valence electrons. The van der Waals surface area contributed by atoms with Crippen molar-refractivity contribution >= 4 is 11.5 Å². The Hall–Kier alpha value is -1.19. The molecule has 1 atom stereocenters. The SMILES string of the molecule is CC(CC1C2CC3CC(C2)CC1C3)Nc1cn[nH]c1N. The fraction of sp³-hybridized carbons (Fsp3) is 0.812. The summed E-state index contributed by atoms with van der Waals surface area (Å²) in [6, 6.07) is 0.484. The largest absolute Gasteiger partial charge is 0.382 e. The number of aromatic nitrogens is 2. The van der Waals surface area contributed by atoms with Crippen LogP contribution in [0.15, 0.2) is 6.20 Å². The summed E-state index contributed by atoms with van der Waals surface area (Å²) in [6.07, 6.45) is 10.7. The van der Waals surface area contributed by atoms with E-state index in [4.69, 9.17) is 5.73 Å². The minimum absolute atomic E-state index is 0.484. The molecule has 1 unspecified atom stereocenters. The molecule has 4 aliphatic rings. The normalized spacial score (nSPS) is 40.0. The van der Waals surface area contributed by atoms with Crippen LogP contribution in [0.5, 0.6) is 0 Å². The van der Waals surface area contributed by atoms with Crippen molar-refractivity contribution in [1.29, 1.82) is 0 Å². The predicted octanol–water partition coefficient (Wildman–Crippen LogP) is 3.25. The highest BCUT2D eigenvalue weighted by molar-refractivity contribution is 5.60. The van der Waals surface area contributed by atoms with E-state index in [1.807, 2.05) is 0 Å². The van der Waals surface area contributed by atoms with Crippen molar-refractivity contribution < 1.29 is 0 Å². The van der Waals surface area contributed by atoms with Crippen LogP contribution in [0.1, 0.15) is 45.4 Å². The second-order valence-corrected chi connectivity index (χ2v) is 7.57. The molecule has 0 amide bonds. The predicted molar refractivity (Wildman–Crippen MR) is 81.2 cm³/mol. The molecule has 1 heterocycles. The molecule has 1 aromatic heterocycles. The first-order valence-corrected chi connectivity index (χ1v) is 8.24. The molecular weight excluding hydrogens is 248 g/mol. The molecule has 4 N–H and O–H groups in total. The van der Waals surface area contributed by atoms with E-state index in [0.29, 0.717) is 11.9 Å². The van der Waals surface area contributed by atoms with Crippen LogP contribution in [-0.4, -0.2) is 16.2 Å². The number of hydrogen-bond acceptors (Lipinski definition) is 3. The molecule has 5 rings (SSSR count). The van der Waals surface area contributed by atoms with Gasteiger partial charge in [-0.1, -0.05) is 0 Å². The number of nitrogens with two attached hydrogens (primary N) is 1. The minimum atomic E-state index is 0.484. The number of nitrogens with zero attached hydrogens (tertiary/aromatic N) is 1. The molecule has 4 fully saturated rings. The summed E-state index contributed by atoms with van der Waals surface area (Å²) < 4.78 is 0. The molecule has 0 saturated heterocycles. The average Bonchev–Trinajstić information content (AvgIpc) is 2.79. The van der Waals surface area contributed by atoms with Gasteiger partial charge >= 0.3 is 0 Å². The van der Waals surface area contributed by atoms with E-state index in [0.717, 1.165) is 35.3 Å². The molecule has 4 bridgehead atoms. The topological polar surface area (TPSA) is 66.7 Å². The van der Waals surface area contributed by atoms with Crippen LogP contribution in [0, 0.1) is 29.6 Å². The zero-order chi connectivity index (χ0) is 13.7. The van der Waals surface area contributed by atoms with Crippen molar-refractivity contribution in [2.45, 2.75) is 51.5 Å². The third-order valence-electron chi connectivity index (χ3n) is 6.12. The summed E-state index contributed by atoms with van der Waals surface area (Å²) in [5, 5.41) is 10.3. The molecular formula is C16H26N4. The van der Waals surface area contributed by atoms with Crippen LogP contribution in [0.25, 0.3) is 0 Å². The Morgan fingerprint density at radius 3 is 2.45 bits per heavy atom. The van der Waals surface area contributed by atoms with Crippen LogP contribution < -0.4 is 11.1 Å². The zero-order valence-corrected chi connectivity index (χ0v) is 12.3. The van der Waals surface area contributed by atoms with E-state index in [1.54, 1.807) is 12.6 Å².